The average Bonchev–Trinajstić information content (AvgIpc) is 2.85. The molecule has 0 radical (unpaired) electrons. The molecule has 9 heteroatoms. The number of aliphatic hydroxyl groups is 1. The van der Waals surface area contributed by atoms with Crippen LogP contribution in [0.15, 0.2) is 24.3 Å². The molecule has 2 unspecified atom stereocenters. The fourth-order valence-electron chi connectivity index (χ4n) is 5.84. The van der Waals surface area contributed by atoms with E-state index in [1.165, 1.54) is 0 Å². The Labute approximate surface area is 248 Å². The predicted octanol–water partition coefficient (Wildman–Crippen LogP) is 9.28. The van der Waals surface area contributed by atoms with Gasteiger partial charge in [0.1, 0.15) is 11.9 Å². The van der Waals surface area contributed by atoms with E-state index in [0.717, 1.165) is 47.4 Å². The number of ether oxygens (including phenoxy) is 1. The summed E-state index contributed by atoms with van der Waals surface area (Å²) >= 11 is 0. The fourth-order valence-corrected chi connectivity index (χ4v) is 7.11. The molecule has 1 aliphatic carbocycles. The van der Waals surface area contributed by atoms with Crippen molar-refractivity contribution in [3.8, 4) is 0 Å². The summed E-state index contributed by atoms with van der Waals surface area (Å²) in [6, 6.07) is 2.66. The van der Waals surface area contributed by atoms with Gasteiger partial charge in [-0.05, 0) is 77.6 Å². The van der Waals surface area contributed by atoms with Gasteiger partial charge in [-0.1, -0.05) is 60.6 Å². The molecule has 1 aliphatic heterocycles. The Kier molecular flexibility index (Phi) is 8.95. The second kappa shape index (κ2) is 11.5. The van der Waals surface area contributed by atoms with Gasteiger partial charge in [0.2, 0.25) is 0 Å². The van der Waals surface area contributed by atoms with Gasteiger partial charge in [0, 0.05) is 22.5 Å². The highest BCUT2D eigenvalue weighted by molar-refractivity contribution is 6.74. The summed E-state index contributed by atoms with van der Waals surface area (Å²) in [5.74, 6) is -1.52. The smallest absolute Gasteiger partial charge is 0.410 e. The highest BCUT2D eigenvalue weighted by Crippen LogP contribution is 2.51. The first-order chi connectivity index (χ1) is 19.2. The van der Waals surface area contributed by atoms with Crippen molar-refractivity contribution in [3.05, 3.63) is 69.3 Å². The topological polar surface area (TPSA) is 51.6 Å². The molecule has 4 nitrogen and oxygen atoms in total. The van der Waals surface area contributed by atoms with Crippen LogP contribution in [0.2, 0.25) is 18.1 Å². The molecule has 232 valence electrons. The fraction of sp³-hybridized carbons (Fsp3) is 0.606. The Morgan fingerprint density at radius 1 is 1.14 bits per heavy atom. The zero-order chi connectivity index (χ0) is 31.4. The number of hydrogen-bond donors (Lipinski definition) is 1. The highest BCUT2D eigenvalue weighted by Gasteiger charge is 2.45. The van der Waals surface area contributed by atoms with Crippen molar-refractivity contribution in [1.29, 1.82) is 0 Å². The van der Waals surface area contributed by atoms with Crippen molar-refractivity contribution in [2.75, 3.05) is 13.2 Å². The third-order valence-electron chi connectivity index (χ3n) is 9.05. The van der Waals surface area contributed by atoms with Crippen LogP contribution < -0.4 is 0 Å². The van der Waals surface area contributed by atoms with Crippen LogP contribution >= 0.6 is 0 Å². The second-order valence-electron chi connectivity index (χ2n) is 14.4. The van der Waals surface area contributed by atoms with Crippen LogP contribution in [-0.2, 0) is 21.8 Å². The zero-order valence-corrected chi connectivity index (χ0v) is 27.3. The largest absolute Gasteiger partial charge is 0.419 e. The quantitative estimate of drug-likeness (QED) is 0.263. The van der Waals surface area contributed by atoms with Crippen LogP contribution in [0.5, 0.6) is 0 Å². The molecule has 4 rings (SSSR count). The van der Waals surface area contributed by atoms with E-state index in [2.05, 4.69) is 47.7 Å². The number of alkyl halides is 3. The number of benzene rings is 1. The number of aromatic nitrogens is 1. The maximum absolute atomic E-state index is 14.8. The maximum Gasteiger partial charge on any atom is 0.419 e. The summed E-state index contributed by atoms with van der Waals surface area (Å²) in [5.41, 5.74) is 3.48. The molecule has 1 aromatic carbocycles. The minimum atomic E-state index is -4.83. The molecule has 1 aromatic heterocycles. The number of hydrogen-bond acceptors (Lipinski definition) is 4. The predicted molar refractivity (Wildman–Crippen MR) is 160 cm³/mol. The van der Waals surface area contributed by atoms with Gasteiger partial charge in [0.05, 0.1) is 24.9 Å². The molecule has 2 heterocycles. The number of pyridine rings is 1. The number of halogens is 4. The first-order valence-corrected chi connectivity index (χ1v) is 17.7. The average molecular weight is 608 g/mol. The standard InChI is InChI=1S/C33H45F4NO3Si/c1-19(2)29-28(30(39)21-10-11-22(23(34)16-21)33(35,36)37)26(20-12-14-40-15-13-20)27-24(38-29)17-32(6,7)18-25(27)41-42(8,9)31(3,4)5/h10-12,16,19,25,30,39H,13-15,17-18H2,1-9H3. The van der Waals surface area contributed by atoms with Crippen LogP contribution in [0.3, 0.4) is 0 Å². The monoisotopic (exact) mass is 607 g/mol. The Morgan fingerprint density at radius 2 is 1.81 bits per heavy atom. The molecule has 2 aliphatic rings. The lowest BCUT2D eigenvalue weighted by atomic mass is 9.71. The Morgan fingerprint density at radius 3 is 2.33 bits per heavy atom. The number of nitrogens with zero attached hydrogens (tertiary/aromatic N) is 1. The lowest BCUT2D eigenvalue weighted by Crippen LogP contribution is -2.44. The normalized spacial score (nSPS) is 20.4. The molecule has 0 fully saturated rings. The Bertz CT molecular complexity index is 1360. The molecule has 2 aromatic rings. The minimum absolute atomic E-state index is 0.0434. The van der Waals surface area contributed by atoms with Gasteiger partial charge < -0.3 is 14.3 Å². The molecule has 0 bridgehead atoms. The van der Waals surface area contributed by atoms with Crippen LogP contribution in [-0.4, -0.2) is 31.6 Å². The van der Waals surface area contributed by atoms with Gasteiger partial charge in [0.25, 0.3) is 0 Å². The van der Waals surface area contributed by atoms with Crippen molar-refractivity contribution in [2.45, 2.75) is 110 Å². The van der Waals surface area contributed by atoms with E-state index in [-0.39, 0.29) is 28.0 Å². The minimum Gasteiger partial charge on any atom is -0.410 e. The van der Waals surface area contributed by atoms with Crippen LogP contribution in [0.1, 0.15) is 119 Å². The summed E-state index contributed by atoms with van der Waals surface area (Å²) in [5, 5.41) is 11.9. The molecule has 2 atom stereocenters. The molecule has 0 amide bonds. The van der Waals surface area contributed by atoms with Gasteiger partial charge in [0.15, 0.2) is 8.32 Å². The summed E-state index contributed by atoms with van der Waals surface area (Å²) in [4.78, 5) is 5.18. The second-order valence-corrected chi connectivity index (χ2v) is 19.2. The molecular weight excluding hydrogens is 562 g/mol. The number of fused-ring (bicyclic) bond motifs is 1. The Balaban J connectivity index is 2.03. The molecule has 42 heavy (non-hydrogen) atoms. The zero-order valence-electron chi connectivity index (χ0n) is 26.3. The third kappa shape index (κ3) is 6.54. The van der Waals surface area contributed by atoms with E-state index in [9.17, 15) is 22.7 Å². The van der Waals surface area contributed by atoms with Crippen LogP contribution in [0, 0.1) is 11.2 Å². The van der Waals surface area contributed by atoms with Crippen LogP contribution in [0.25, 0.3) is 5.57 Å². The molecule has 0 saturated carbocycles. The van der Waals surface area contributed by atoms with Gasteiger partial charge in [-0.3, -0.25) is 4.98 Å². The maximum atomic E-state index is 14.8. The van der Waals surface area contributed by atoms with E-state index in [4.69, 9.17) is 14.1 Å². The van der Waals surface area contributed by atoms with E-state index >= 15 is 0 Å². The number of rotatable bonds is 6. The van der Waals surface area contributed by atoms with Crippen molar-refractivity contribution >= 4 is 13.9 Å². The molecule has 0 spiro atoms. The van der Waals surface area contributed by atoms with E-state index in [1.807, 2.05) is 19.9 Å². The SMILES string of the molecule is CC(C)c1nc2c(c(C3=CCOCC3)c1C(O)c1ccc(C(F)(F)F)c(F)c1)C(O[Si](C)(C)C(C)(C)C)CC(C)(C)C2. The molecule has 1 N–H and O–H groups in total. The summed E-state index contributed by atoms with van der Waals surface area (Å²) in [7, 11) is -2.26. The van der Waals surface area contributed by atoms with Crippen molar-refractivity contribution in [2.24, 2.45) is 5.41 Å². The summed E-state index contributed by atoms with van der Waals surface area (Å²) in [6.45, 7) is 20.4. The lowest BCUT2D eigenvalue weighted by molar-refractivity contribution is -0.140. The molecule has 0 saturated heterocycles. The lowest BCUT2D eigenvalue weighted by Gasteiger charge is -2.45. The summed E-state index contributed by atoms with van der Waals surface area (Å²) in [6.07, 6.45) is -2.41. The van der Waals surface area contributed by atoms with E-state index in [0.29, 0.717) is 37.0 Å². The van der Waals surface area contributed by atoms with Crippen molar-refractivity contribution < 1.29 is 31.8 Å². The summed E-state index contributed by atoms with van der Waals surface area (Å²) < 4.78 is 67.6. The van der Waals surface area contributed by atoms with Gasteiger partial charge >= 0.3 is 6.18 Å². The van der Waals surface area contributed by atoms with Gasteiger partial charge in [-0.25, -0.2) is 4.39 Å². The van der Waals surface area contributed by atoms with Crippen LogP contribution in [0.4, 0.5) is 17.6 Å². The van der Waals surface area contributed by atoms with E-state index < -0.39 is 32.0 Å². The number of aliphatic hydroxyl groups excluding tert-OH is 1. The van der Waals surface area contributed by atoms with Crippen molar-refractivity contribution in [3.63, 3.8) is 0 Å². The van der Waals surface area contributed by atoms with Gasteiger partial charge in [-0.15, -0.1) is 0 Å². The molecular formula is C33H45F4NO3Si. The van der Waals surface area contributed by atoms with Gasteiger partial charge in [-0.2, -0.15) is 13.2 Å². The van der Waals surface area contributed by atoms with E-state index in [1.54, 1.807) is 0 Å². The van der Waals surface area contributed by atoms with Crippen molar-refractivity contribution in [1.82, 2.24) is 4.98 Å². The third-order valence-corrected chi connectivity index (χ3v) is 13.5. The Hall–Kier alpha value is -2.07. The highest BCUT2D eigenvalue weighted by atomic mass is 28.4. The first-order valence-electron chi connectivity index (χ1n) is 14.8. The first kappa shape index (κ1) is 32.8.